The van der Waals surface area contributed by atoms with Gasteiger partial charge in [-0.05, 0) is 25.7 Å². The summed E-state index contributed by atoms with van der Waals surface area (Å²) < 4.78 is 0. The first-order valence-corrected chi connectivity index (χ1v) is 4.91. The Balaban J connectivity index is 2.42. The van der Waals surface area contributed by atoms with Gasteiger partial charge in [-0.15, -0.1) is 0 Å². The third-order valence-electron chi connectivity index (χ3n) is 2.84. The first-order valence-electron chi connectivity index (χ1n) is 4.91. The van der Waals surface area contributed by atoms with E-state index >= 15 is 0 Å². The molecule has 0 aliphatic heterocycles. The Morgan fingerprint density at radius 1 is 1.25 bits per heavy atom. The number of aliphatic imine (C=N–C) groups is 1. The largest absolute Gasteiger partial charge is 0.235 e. The van der Waals surface area contributed by atoms with Crippen LogP contribution in [0, 0.1) is 5.92 Å². The highest BCUT2D eigenvalue weighted by atomic mass is 16.1. The number of isocyanates is 1. The van der Waals surface area contributed by atoms with Gasteiger partial charge in [0.05, 0.1) is 6.04 Å². The van der Waals surface area contributed by atoms with Gasteiger partial charge < -0.3 is 0 Å². The van der Waals surface area contributed by atoms with Crippen LogP contribution in [0.2, 0.25) is 0 Å². The van der Waals surface area contributed by atoms with Gasteiger partial charge in [-0.3, -0.25) is 0 Å². The van der Waals surface area contributed by atoms with E-state index in [1.165, 1.54) is 38.5 Å². The molecule has 0 saturated heterocycles. The average Bonchev–Trinajstić information content (AvgIpc) is 2.32. The molecule has 1 fully saturated rings. The maximum atomic E-state index is 10.1. The predicted octanol–water partition coefficient (Wildman–Crippen LogP) is 2.68. The van der Waals surface area contributed by atoms with Crippen molar-refractivity contribution in [2.45, 2.75) is 51.5 Å². The van der Waals surface area contributed by atoms with Gasteiger partial charge in [0.2, 0.25) is 6.08 Å². The van der Waals surface area contributed by atoms with E-state index in [2.05, 4.69) is 4.99 Å². The zero-order chi connectivity index (χ0) is 8.81. The summed E-state index contributed by atoms with van der Waals surface area (Å²) in [6.07, 6.45) is 9.47. The Morgan fingerprint density at radius 3 is 2.33 bits per heavy atom. The molecule has 1 aliphatic rings. The van der Waals surface area contributed by atoms with E-state index in [0.29, 0.717) is 5.92 Å². The van der Waals surface area contributed by atoms with Gasteiger partial charge >= 0.3 is 0 Å². The second kappa shape index (κ2) is 5.10. The Bertz CT molecular complexity index is 165. The van der Waals surface area contributed by atoms with Crippen LogP contribution in [0.4, 0.5) is 0 Å². The van der Waals surface area contributed by atoms with Crippen LogP contribution in [0.25, 0.3) is 0 Å². The molecule has 1 rings (SSSR count). The van der Waals surface area contributed by atoms with Crippen LogP contribution in [0.3, 0.4) is 0 Å². The lowest BCUT2D eigenvalue weighted by Gasteiger charge is -2.16. The summed E-state index contributed by atoms with van der Waals surface area (Å²) in [6.45, 7) is 2.03. The van der Waals surface area contributed by atoms with Crippen LogP contribution in [-0.4, -0.2) is 12.1 Å². The first-order chi connectivity index (χ1) is 5.84. The van der Waals surface area contributed by atoms with Crippen LogP contribution in [-0.2, 0) is 4.79 Å². The third kappa shape index (κ3) is 2.78. The zero-order valence-corrected chi connectivity index (χ0v) is 7.75. The van der Waals surface area contributed by atoms with Crippen molar-refractivity contribution in [3.8, 4) is 0 Å². The standard InChI is InChI=1S/C10H17NO/c1-9(11-8-12)10-6-4-2-3-5-7-10/h9-10H,2-7H2,1H3. The van der Waals surface area contributed by atoms with Gasteiger partial charge in [-0.1, -0.05) is 25.7 Å². The molecule has 0 bridgehead atoms. The molecule has 2 nitrogen and oxygen atoms in total. The Kier molecular flexibility index (Phi) is 4.02. The minimum absolute atomic E-state index is 0.195. The summed E-state index contributed by atoms with van der Waals surface area (Å²) in [7, 11) is 0. The van der Waals surface area contributed by atoms with Crippen LogP contribution in [0.1, 0.15) is 45.4 Å². The lowest BCUT2D eigenvalue weighted by molar-refractivity contribution is 0.393. The molecule has 0 heterocycles. The van der Waals surface area contributed by atoms with E-state index in [4.69, 9.17) is 0 Å². The van der Waals surface area contributed by atoms with Crippen molar-refractivity contribution in [2.75, 3.05) is 0 Å². The lowest BCUT2D eigenvalue weighted by atomic mass is 9.93. The molecule has 0 spiro atoms. The normalized spacial score (nSPS) is 22.4. The Morgan fingerprint density at radius 2 is 1.83 bits per heavy atom. The summed E-state index contributed by atoms with van der Waals surface area (Å²) in [6, 6.07) is 0.195. The Labute approximate surface area is 74.1 Å². The van der Waals surface area contributed by atoms with E-state index in [-0.39, 0.29) is 6.04 Å². The fourth-order valence-electron chi connectivity index (χ4n) is 1.98. The summed E-state index contributed by atoms with van der Waals surface area (Å²) in [5.74, 6) is 0.633. The summed E-state index contributed by atoms with van der Waals surface area (Å²) in [4.78, 5) is 13.8. The monoisotopic (exact) mass is 167 g/mol. The zero-order valence-electron chi connectivity index (χ0n) is 7.75. The third-order valence-corrected chi connectivity index (χ3v) is 2.84. The van der Waals surface area contributed by atoms with Gasteiger partial charge in [0.15, 0.2) is 0 Å². The highest BCUT2D eigenvalue weighted by Gasteiger charge is 2.17. The number of nitrogens with zero attached hydrogens (tertiary/aromatic N) is 1. The van der Waals surface area contributed by atoms with Gasteiger partial charge in [0.25, 0.3) is 0 Å². The Hall–Kier alpha value is -0.620. The van der Waals surface area contributed by atoms with E-state index in [0.717, 1.165) is 0 Å². The minimum Gasteiger partial charge on any atom is -0.211 e. The summed E-state index contributed by atoms with van der Waals surface area (Å²) in [5.41, 5.74) is 0. The molecule has 2 heteroatoms. The van der Waals surface area contributed by atoms with E-state index in [1.807, 2.05) is 6.92 Å². The maximum absolute atomic E-state index is 10.1. The molecule has 1 unspecified atom stereocenters. The van der Waals surface area contributed by atoms with Crippen LogP contribution < -0.4 is 0 Å². The topological polar surface area (TPSA) is 29.4 Å². The summed E-state index contributed by atoms with van der Waals surface area (Å²) >= 11 is 0. The van der Waals surface area contributed by atoms with Crippen molar-refractivity contribution >= 4 is 6.08 Å². The van der Waals surface area contributed by atoms with Crippen molar-refractivity contribution in [3.63, 3.8) is 0 Å². The van der Waals surface area contributed by atoms with Gasteiger partial charge in [0, 0.05) is 0 Å². The molecule has 1 aliphatic carbocycles. The molecule has 0 aromatic rings. The second-order valence-electron chi connectivity index (χ2n) is 3.71. The highest BCUT2D eigenvalue weighted by Crippen LogP contribution is 2.26. The van der Waals surface area contributed by atoms with Crippen LogP contribution >= 0.6 is 0 Å². The molecule has 0 radical (unpaired) electrons. The van der Waals surface area contributed by atoms with Crippen molar-refractivity contribution < 1.29 is 4.79 Å². The maximum Gasteiger partial charge on any atom is 0.235 e. The predicted molar refractivity (Wildman–Crippen MR) is 48.8 cm³/mol. The molecular weight excluding hydrogens is 150 g/mol. The summed E-state index contributed by atoms with van der Waals surface area (Å²) in [5, 5.41) is 0. The average molecular weight is 167 g/mol. The molecule has 12 heavy (non-hydrogen) atoms. The number of hydrogen-bond donors (Lipinski definition) is 0. The van der Waals surface area contributed by atoms with Gasteiger partial charge in [-0.25, -0.2) is 9.79 Å². The fraction of sp³-hybridized carbons (Fsp3) is 0.900. The molecule has 0 amide bonds. The van der Waals surface area contributed by atoms with E-state index in [9.17, 15) is 4.79 Å². The van der Waals surface area contributed by atoms with Gasteiger partial charge in [0.1, 0.15) is 0 Å². The van der Waals surface area contributed by atoms with Crippen molar-refractivity contribution in [2.24, 2.45) is 10.9 Å². The van der Waals surface area contributed by atoms with Gasteiger partial charge in [-0.2, -0.15) is 0 Å². The minimum atomic E-state index is 0.195. The van der Waals surface area contributed by atoms with E-state index in [1.54, 1.807) is 6.08 Å². The van der Waals surface area contributed by atoms with Crippen LogP contribution in [0.5, 0.6) is 0 Å². The fourth-order valence-corrected chi connectivity index (χ4v) is 1.98. The lowest BCUT2D eigenvalue weighted by Crippen LogP contribution is -2.13. The van der Waals surface area contributed by atoms with Crippen molar-refractivity contribution in [1.82, 2.24) is 0 Å². The SMILES string of the molecule is CC(N=C=O)C1CCCCCC1. The highest BCUT2D eigenvalue weighted by molar-refractivity contribution is 5.33. The van der Waals surface area contributed by atoms with Crippen molar-refractivity contribution in [3.05, 3.63) is 0 Å². The molecule has 0 N–H and O–H groups in total. The first kappa shape index (κ1) is 9.47. The van der Waals surface area contributed by atoms with E-state index < -0.39 is 0 Å². The molecule has 0 aromatic carbocycles. The number of rotatable bonds is 2. The molecule has 1 atom stereocenters. The number of carbonyl (C=O) groups excluding carboxylic acids is 1. The van der Waals surface area contributed by atoms with Crippen LogP contribution in [0.15, 0.2) is 4.99 Å². The molecule has 0 aromatic heterocycles. The molecule has 1 saturated carbocycles. The quantitative estimate of drug-likeness (QED) is 0.353. The second-order valence-corrected chi connectivity index (χ2v) is 3.71. The van der Waals surface area contributed by atoms with Crippen molar-refractivity contribution in [1.29, 1.82) is 0 Å². The molecular formula is C10H17NO. The molecule has 68 valence electrons. The smallest absolute Gasteiger partial charge is 0.211 e. The number of hydrogen-bond acceptors (Lipinski definition) is 2.